The molecule has 0 amide bonds. The predicted octanol–water partition coefficient (Wildman–Crippen LogP) is 4.59. The summed E-state index contributed by atoms with van der Waals surface area (Å²) in [6.45, 7) is 0.118. The van der Waals surface area contributed by atoms with Crippen molar-refractivity contribution >= 4 is 17.8 Å². The first kappa shape index (κ1) is 19.9. The maximum absolute atomic E-state index is 13.4. The van der Waals surface area contributed by atoms with Crippen LogP contribution in [0.25, 0.3) is 0 Å². The molecule has 5 heteroatoms. The molecule has 2 aliphatic rings. The monoisotopic (exact) mass is 423 g/mol. The van der Waals surface area contributed by atoms with Crippen LogP contribution in [0, 0.1) is 0 Å². The lowest BCUT2D eigenvalue weighted by atomic mass is 9.78. The molecular formula is C27H21NO4. The van der Waals surface area contributed by atoms with Crippen LogP contribution in [0.5, 0.6) is 0 Å². The zero-order valence-corrected chi connectivity index (χ0v) is 17.3. The molecule has 0 radical (unpaired) electrons. The van der Waals surface area contributed by atoms with Crippen molar-refractivity contribution in [2.24, 2.45) is 4.99 Å². The average molecular weight is 423 g/mol. The number of benzene rings is 3. The Balaban J connectivity index is 1.52. The summed E-state index contributed by atoms with van der Waals surface area (Å²) >= 11 is 0. The number of hydrogen-bond donors (Lipinski definition) is 0. The highest BCUT2D eigenvalue weighted by atomic mass is 16.6. The second kappa shape index (κ2) is 8.27. The van der Waals surface area contributed by atoms with E-state index in [9.17, 15) is 9.59 Å². The van der Waals surface area contributed by atoms with Gasteiger partial charge in [0.25, 0.3) is 0 Å². The molecule has 5 nitrogen and oxygen atoms in total. The number of rotatable bonds is 5. The largest absolute Gasteiger partial charge is 0.457 e. The molecule has 1 aliphatic carbocycles. The molecule has 1 spiro atoms. The van der Waals surface area contributed by atoms with Crippen LogP contribution in [-0.2, 0) is 25.7 Å². The summed E-state index contributed by atoms with van der Waals surface area (Å²) < 4.78 is 11.2. The lowest BCUT2D eigenvalue weighted by Gasteiger charge is -2.27. The van der Waals surface area contributed by atoms with Gasteiger partial charge in [0.2, 0.25) is 11.4 Å². The number of cyclic esters (lactones) is 1. The fourth-order valence-electron chi connectivity index (χ4n) is 4.34. The van der Waals surface area contributed by atoms with Gasteiger partial charge < -0.3 is 9.47 Å². The molecule has 2 atom stereocenters. The predicted molar refractivity (Wildman–Crippen MR) is 120 cm³/mol. The number of allylic oxidation sites excluding steroid dienone is 1. The Morgan fingerprint density at radius 1 is 0.938 bits per heavy atom. The standard InChI is InChI=1S/C27H21NO4/c29-25(31-18-19-10-4-1-5-11-19)23-17-16-22(20-12-6-2-7-13-20)27(23)26(30)32-24(28-27)21-14-8-3-9-15-21/h1-15,17,22H,16,18H2/t22-,27+/m0/s1. The van der Waals surface area contributed by atoms with Crippen molar-refractivity contribution < 1.29 is 19.1 Å². The number of aliphatic imine (C=N–C) groups is 1. The van der Waals surface area contributed by atoms with E-state index >= 15 is 0 Å². The number of carbonyl (C=O) groups excluding carboxylic acids is 2. The van der Waals surface area contributed by atoms with Gasteiger partial charge in [-0.1, -0.05) is 84.9 Å². The first-order valence-electron chi connectivity index (χ1n) is 10.5. The van der Waals surface area contributed by atoms with Gasteiger partial charge in [-0.2, -0.15) is 0 Å². The van der Waals surface area contributed by atoms with Crippen molar-refractivity contribution in [3.63, 3.8) is 0 Å². The number of carbonyl (C=O) groups is 2. The molecule has 1 heterocycles. The van der Waals surface area contributed by atoms with Gasteiger partial charge in [0.15, 0.2) is 0 Å². The van der Waals surface area contributed by atoms with Crippen LogP contribution in [0.15, 0.2) is 108 Å². The van der Waals surface area contributed by atoms with Crippen LogP contribution in [0.4, 0.5) is 0 Å². The molecule has 32 heavy (non-hydrogen) atoms. The van der Waals surface area contributed by atoms with Crippen molar-refractivity contribution in [1.82, 2.24) is 0 Å². The summed E-state index contributed by atoms with van der Waals surface area (Å²) in [5.41, 5.74) is 1.26. The van der Waals surface area contributed by atoms with Gasteiger partial charge in [-0.25, -0.2) is 14.6 Å². The first-order valence-corrected chi connectivity index (χ1v) is 10.5. The summed E-state index contributed by atoms with van der Waals surface area (Å²) in [6.07, 6.45) is 2.25. The van der Waals surface area contributed by atoms with Crippen molar-refractivity contribution in [2.75, 3.05) is 0 Å². The Morgan fingerprint density at radius 3 is 2.25 bits per heavy atom. The maximum Gasteiger partial charge on any atom is 0.346 e. The molecule has 0 N–H and O–H groups in total. The Kier molecular flexibility index (Phi) is 5.15. The number of hydrogen-bond acceptors (Lipinski definition) is 5. The van der Waals surface area contributed by atoms with Crippen molar-refractivity contribution in [2.45, 2.75) is 24.5 Å². The van der Waals surface area contributed by atoms with Gasteiger partial charge in [-0.15, -0.1) is 0 Å². The average Bonchev–Trinajstić information content (AvgIpc) is 3.40. The first-order chi connectivity index (χ1) is 15.7. The molecule has 0 unspecified atom stereocenters. The highest BCUT2D eigenvalue weighted by molar-refractivity contribution is 6.14. The van der Waals surface area contributed by atoms with Crippen molar-refractivity contribution in [3.8, 4) is 0 Å². The normalized spacial score (nSPS) is 21.8. The summed E-state index contributed by atoms with van der Waals surface area (Å²) in [5.74, 6) is -1.23. The minimum absolute atomic E-state index is 0.118. The van der Waals surface area contributed by atoms with E-state index in [0.717, 1.165) is 11.1 Å². The van der Waals surface area contributed by atoms with E-state index in [1.54, 1.807) is 6.08 Å². The highest BCUT2D eigenvalue weighted by Crippen LogP contribution is 2.49. The molecule has 3 aromatic carbocycles. The van der Waals surface area contributed by atoms with Crippen LogP contribution in [0.1, 0.15) is 29.0 Å². The summed E-state index contributed by atoms with van der Waals surface area (Å²) in [4.78, 5) is 31.3. The second-order valence-corrected chi connectivity index (χ2v) is 7.82. The van der Waals surface area contributed by atoms with E-state index in [1.165, 1.54) is 0 Å². The number of esters is 2. The fourth-order valence-corrected chi connectivity index (χ4v) is 4.34. The second-order valence-electron chi connectivity index (χ2n) is 7.82. The van der Waals surface area contributed by atoms with Gasteiger partial charge in [0.1, 0.15) is 6.61 Å². The van der Waals surface area contributed by atoms with E-state index < -0.39 is 17.5 Å². The zero-order chi connectivity index (χ0) is 22.0. The Hall–Kier alpha value is -3.99. The van der Waals surface area contributed by atoms with Crippen molar-refractivity contribution in [3.05, 3.63) is 119 Å². The molecule has 0 saturated carbocycles. The van der Waals surface area contributed by atoms with Crippen LogP contribution in [-0.4, -0.2) is 23.4 Å². The quantitative estimate of drug-likeness (QED) is 0.563. The molecule has 0 saturated heterocycles. The van der Waals surface area contributed by atoms with Gasteiger partial charge in [-0.3, -0.25) is 0 Å². The minimum atomic E-state index is -1.46. The van der Waals surface area contributed by atoms with Crippen LogP contribution in [0.3, 0.4) is 0 Å². The third kappa shape index (κ3) is 3.42. The van der Waals surface area contributed by atoms with Gasteiger partial charge in [-0.05, 0) is 29.7 Å². The van der Waals surface area contributed by atoms with E-state index in [0.29, 0.717) is 12.0 Å². The lowest BCUT2D eigenvalue weighted by molar-refractivity contribution is -0.145. The molecule has 0 bridgehead atoms. The fraction of sp³-hybridized carbons (Fsp3) is 0.148. The number of ether oxygens (including phenoxy) is 2. The van der Waals surface area contributed by atoms with E-state index in [-0.39, 0.29) is 24.0 Å². The molecule has 1 aliphatic heterocycles. The molecule has 158 valence electrons. The number of nitrogens with zero attached hydrogens (tertiary/aromatic N) is 1. The third-order valence-electron chi connectivity index (χ3n) is 5.91. The lowest BCUT2D eigenvalue weighted by Crippen LogP contribution is -2.42. The summed E-state index contributed by atoms with van der Waals surface area (Å²) in [5, 5.41) is 0. The minimum Gasteiger partial charge on any atom is -0.457 e. The summed E-state index contributed by atoms with van der Waals surface area (Å²) in [6, 6.07) is 28.3. The van der Waals surface area contributed by atoms with E-state index in [2.05, 4.69) is 0 Å². The molecule has 3 aromatic rings. The van der Waals surface area contributed by atoms with E-state index in [1.807, 2.05) is 91.0 Å². The van der Waals surface area contributed by atoms with Gasteiger partial charge >= 0.3 is 11.9 Å². The van der Waals surface area contributed by atoms with Crippen LogP contribution >= 0.6 is 0 Å². The molecule has 0 fully saturated rings. The molecule has 0 aromatic heterocycles. The zero-order valence-electron chi connectivity index (χ0n) is 17.3. The highest BCUT2D eigenvalue weighted by Gasteiger charge is 2.60. The Bertz CT molecular complexity index is 1200. The summed E-state index contributed by atoms with van der Waals surface area (Å²) in [7, 11) is 0. The smallest absolute Gasteiger partial charge is 0.346 e. The van der Waals surface area contributed by atoms with Crippen molar-refractivity contribution in [1.29, 1.82) is 0 Å². The molecular weight excluding hydrogens is 402 g/mol. The topological polar surface area (TPSA) is 65.0 Å². The third-order valence-corrected chi connectivity index (χ3v) is 5.91. The molecule has 5 rings (SSSR count). The van der Waals surface area contributed by atoms with Gasteiger partial charge in [0, 0.05) is 11.5 Å². The SMILES string of the molecule is O=C(OCc1ccccc1)C1=CC[C@@H](c2ccccc2)[C@@]12N=C(c1ccccc1)OC2=O. The van der Waals surface area contributed by atoms with Crippen LogP contribution < -0.4 is 0 Å². The maximum atomic E-state index is 13.4. The van der Waals surface area contributed by atoms with E-state index in [4.69, 9.17) is 14.5 Å². The van der Waals surface area contributed by atoms with Crippen LogP contribution in [0.2, 0.25) is 0 Å². The Labute approximate surface area is 186 Å². The van der Waals surface area contributed by atoms with Gasteiger partial charge in [0.05, 0.1) is 5.57 Å². The Morgan fingerprint density at radius 2 is 1.56 bits per heavy atom.